The van der Waals surface area contributed by atoms with Gasteiger partial charge in [-0.1, -0.05) is 0 Å². The van der Waals surface area contributed by atoms with E-state index in [1.165, 1.54) is 0 Å². The fraction of sp³-hybridized carbons (Fsp3) is 0.545. The number of nitrogens with zero attached hydrogens (tertiary/aromatic N) is 2. The van der Waals surface area contributed by atoms with Crippen molar-refractivity contribution in [3.05, 3.63) is 22.8 Å². The molecule has 3 nitrogen and oxygen atoms in total. The van der Waals surface area contributed by atoms with Gasteiger partial charge in [0.2, 0.25) is 0 Å². The monoisotopic (exact) mass is 271 g/mol. The molecule has 0 bridgehead atoms. The van der Waals surface area contributed by atoms with Crippen LogP contribution < -0.4 is 5.32 Å². The number of aromatic nitrogens is 1. The Morgan fingerprint density at radius 1 is 1.53 bits per heavy atom. The molecule has 0 amide bonds. The smallest absolute Gasteiger partial charge is 0.140 e. The summed E-state index contributed by atoms with van der Waals surface area (Å²) in [4.78, 5) is 6.54. The minimum atomic E-state index is 0.582. The summed E-state index contributed by atoms with van der Waals surface area (Å²) >= 11 is 3.45. The van der Waals surface area contributed by atoms with Crippen molar-refractivity contribution in [3.8, 4) is 0 Å². The summed E-state index contributed by atoms with van der Waals surface area (Å²) in [5, 5.41) is 3.30. The molecule has 1 N–H and O–H groups in total. The Bertz CT molecular complexity index is 302. The van der Waals surface area contributed by atoms with Gasteiger partial charge in [0, 0.05) is 25.3 Å². The van der Waals surface area contributed by atoms with Crippen LogP contribution in [0, 0.1) is 0 Å². The molecule has 0 radical (unpaired) electrons. The Labute approximate surface area is 100 Å². The van der Waals surface area contributed by atoms with Gasteiger partial charge in [-0.3, -0.25) is 0 Å². The van der Waals surface area contributed by atoms with E-state index in [9.17, 15) is 0 Å². The van der Waals surface area contributed by atoms with E-state index in [0.717, 1.165) is 23.4 Å². The van der Waals surface area contributed by atoms with Crippen LogP contribution in [0.2, 0.25) is 0 Å². The fourth-order valence-electron chi connectivity index (χ4n) is 1.12. The van der Waals surface area contributed by atoms with Crippen LogP contribution in [0.25, 0.3) is 0 Å². The molecule has 0 aliphatic carbocycles. The van der Waals surface area contributed by atoms with Crippen LogP contribution in [0.5, 0.6) is 0 Å². The highest BCUT2D eigenvalue weighted by molar-refractivity contribution is 9.10. The standard InChI is InChI=1S/C11H18BrN3/c1-9(2)15(3)8-7-14-11-10(12)5-4-6-13-11/h4-6,9H,7-8H2,1-3H3,(H,13,14). The van der Waals surface area contributed by atoms with Crippen LogP contribution in [0.15, 0.2) is 22.8 Å². The fourth-order valence-corrected chi connectivity index (χ4v) is 1.52. The van der Waals surface area contributed by atoms with Crippen molar-refractivity contribution in [2.24, 2.45) is 0 Å². The first-order chi connectivity index (χ1) is 7.11. The average Bonchev–Trinajstić information content (AvgIpc) is 2.20. The summed E-state index contributed by atoms with van der Waals surface area (Å²) in [5.41, 5.74) is 0. The third-order valence-electron chi connectivity index (χ3n) is 2.40. The molecule has 0 saturated carbocycles. The maximum atomic E-state index is 4.24. The van der Waals surface area contributed by atoms with E-state index in [1.807, 2.05) is 12.1 Å². The lowest BCUT2D eigenvalue weighted by Gasteiger charge is -2.21. The Morgan fingerprint density at radius 2 is 2.27 bits per heavy atom. The van der Waals surface area contributed by atoms with Gasteiger partial charge in [0.15, 0.2) is 0 Å². The van der Waals surface area contributed by atoms with Crippen molar-refractivity contribution < 1.29 is 0 Å². The molecule has 1 heterocycles. The predicted octanol–water partition coefficient (Wildman–Crippen LogP) is 2.60. The number of hydrogen-bond donors (Lipinski definition) is 1. The summed E-state index contributed by atoms with van der Waals surface area (Å²) in [6, 6.07) is 4.48. The van der Waals surface area contributed by atoms with Crippen molar-refractivity contribution in [2.75, 3.05) is 25.5 Å². The van der Waals surface area contributed by atoms with Gasteiger partial charge in [0.05, 0.1) is 4.47 Å². The number of hydrogen-bond acceptors (Lipinski definition) is 3. The van der Waals surface area contributed by atoms with Crippen molar-refractivity contribution in [1.29, 1.82) is 0 Å². The van der Waals surface area contributed by atoms with Crippen molar-refractivity contribution in [2.45, 2.75) is 19.9 Å². The van der Waals surface area contributed by atoms with Crippen LogP contribution in [-0.4, -0.2) is 36.1 Å². The normalized spacial score (nSPS) is 11.1. The third kappa shape index (κ3) is 4.18. The summed E-state index contributed by atoms with van der Waals surface area (Å²) in [5.74, 6) is 0.912. The molecule has 0 aliphatic rings. The van der Waals surface area contributed by atoms with E-state index >= 15 is 0 Å². The second-order valence-corrected chi connectivity index (χ2v) is 4.69. The van der Waals surface area contributed by atoms with Gasteiger partial charge in [0.1, 0.15) is 5.82 Å². The Morgan fingerprint density at radius 3 is 2.87 bits per heavy atom. The van der Waals surface area contributed by atoms with Gasteiger partial charge in [-0.05, 0) is 49.0 Å². The van der Waals surface area contributed by atoms with E-state index in [0.29, 0.717) is 6.04 Å². The minimum Gasteiger partial charge on any atom is -0.368 e. The SMILES string of the molecule is CC(C)N(C)CCNc1ncccc1Br. The van der Waals surface area contributed by atoms with Crippen LogP contribution in [0.1, 0.15) is 13.8 Å². The molecule has 1 rings (SSSR count). The molecular formula is C11H18BrN3. The van der Waals surface area contributed by atoms with Crippen molar-refractivity contribution >= 4 is 21.7 Å². The zero-order valence-electron chi connectivity index (χ0n) is 9.50. The molecule has 84 valence electrons. The molecule has 0 saturated heterocycles. The van der Waals surface area contributed by atoms with E-state index in [4.69, 9.17) is 0 Å². The first-order valence-corrected chi connectivity index (χ1v) is 5.95. The lowest BCUT2D eigenvalue weighted by Crippen LogP contribution is -2.31. The van der Waals surface area contributed by atoms with Crippen LogP contribution in [0.3, 0.4) is 0 Å². The Balaban J connectivity index is 2.35. The molecule has 1 aromatic rings. The first-order valence-electron chi connectivity index (χ1n) is 5.16. The Kier molecular flexibility index (Phi) is 5.05. The lowest BCUT2D eigenvalue weighted by molar-refractivity contribution is 0.284. The van der Waals surface area contributed by atoms with E-state index in [1.54, 1.807) is 6.20 Å². The topological polar surface area (TPSA) is 28.2 Å². The number of halogens is 1. The molecule has 4 heteroatoms. The molecule has 0 fully saturated rings. The molecule has 15 heavy (non-hydrogen) atoms. The second-order valence-electron chi connectivity index (χ2n) is 3.83. The molecule has 1 aromatic heterocycles. The van der Waals surface area contributed by atoms with E-state index < -0.39 is 0 Å². The maximum absolute atomic E-state index is 4.24. The van der Waals surface area contributed by atoms with Gasteiger partial charge in [-0.2, -0.15) is 0 Å². The van der Waals surface area contributed by atoms with Gasteiger partial charge in [-0.15, -0.1) is 0 Å². The summed E-state index contributed by atoms with van der Waals surface area (Å²) in [7, 11) is 2.12. The van der Waals surface area contributed by atoms with Crippen LogP contribution in [0.4, 0.5) is 5.82 Å². The van der Waals surface area contributed by atoms with Crippen LogP contribution >= 0.6 is 15.9 Å². The zero-order valence-corrected chi connectivity index (χ0v) is 11.1. The predicted molar refractivity (Wildman–Crippen MR) is 68.2 cm³/mol. The van der Waals surface area contributed by atoms with Crippen LogP contribution in [-0.2, 0) is 0 Å². The second kappa shape index (κ2) is 6.08. The van der Waals surface area contributed by atoms with Gasteiger partial charge in [-0.25, -0.2) is 4.98 Å². The Hall–Kier alpha value is -0.610. The zero-order chi connectivity index (χ0) is 11.3. The highest BCUT2D eigenvalue weighted by atomic mass is 79.9. The quantitative estimate of drug-likeness (QED) is 0.893. The summed E-state index contributed by atoms with van der Waals surface area (Å²) in [6.07, 6.45) is 1.79. The molecule has 0 spiro atoms. The molecule has 0 aliphatic heterocycles. The number of pyridine rings is 1. The summed E-state index contributed by atoms with van der Waals surface area (Å²) < 4.78 is 1.01. The number of likely N-dealkylation sites (N-methyl/N-ethyl adjacent to an activating group) is 1. The molecule has 0 atom stereocenters. The minimum absolute atomic E-state index is 0.582. The van der Waals surface area contributed by atoms with Gasteiger partial charge < -0.3 is 10.2 Å². The third-order valence-corrected chi connectivity index (χ3v) is 3.04. The highest BCUT2D eigenvalue weighted by Gasteiger charge is 2.03. The van der Waals surface area contributed by atoms with Crippen molar-refractivity contribution in [3.63, 3.8) is 0 Å². The van der Waals surface area contributed by atoms with Crippen molar-refractivity contribution in [1.82, 2.24) is 9.88 Å². The number of nitrogens with one attached hydrogen (secondary N) is 1. The molecular weight excluding hydrogens is 254 g/mol. The highest BCUT2D eigenvalue weighted by Crippen LogP contribution is 2.17. The summed E-state index contributed by atoms with van der Waals surface area (Å²) in [6.45, 7) is 6.30. The average molecular weight is 272 g/mol. The van der Waals surface area contributed by atoms with E-state index in [-0.39, 0.29) is 0 Å². The number of anilines is 1. The first kappa shape index (κ1) is 12.5. The van der Waals surface area contributed by atoms with E-state index in [2.05, 4.69) is 52.0 Å². The van der Waals surface area contributed by atoms with Gasteiger partial charge >= 0.3 is 0 Å². The largest absolute Gasteiger partial charge is 0.368 e. The molecule has 0 unspecified atom stereocenters. The lowest BCUT2D eigenvalue weighted by atomic mass is 10.3. The number of rotatable bonds is 5. The van der Waals surface area contributed by atoms with Gasteiger partial charge in [0.25, 0.3) is 0 Å². The molecule has 0 aromatic carbocycles. The maximum Gasteiger partial charge on any atom is 0.140 e.